The minimum absolute atomic E-state index is 0.121. The quantitative estimate of drug-likeness (QED) is 0.347. The molecule has 1 aliphatic heterocycles. The van der Waals surface area contributed by atoms with Gasteiger partial charge < -0.3 is 20.8 Å². The Balaban J connectivity index is 1.69. The highest BCUT2D eigenvalue weighted by Crippen LogP contribution is 2.28. The van der Waals surface area contributed by atoms with Gasteiger partial charge in [-0.3, -0.25) is 9.59 Å². The number of aromatic hydroxyl groups is 2. The van der Waals surface area contributed by atoms with Crippen molar-refractivity contribution in [1.82, 2.24) is 0 Å². The molecule has 0 saturated heterocycles. The topological polar surface area (TPSA) is 113 Å². The molecule has 0 unspecified atom stereocenters. The maximum absolute atomic E-state index is 12.5. The number of quaternary nitrogens is 1. The van der Waals surface area contributed by atoms with Gasteiger partial charge in [0.25, 0.3) is 11.8 Å². The van der Waals surface area contributed by atoms with Crippen LogP contribution >= 0.6 is 23.2 Å². The first-order chi connectivity index (χ1) is 13.8. The number of phenolic OH excluding ortho intramolecular Hbond substituents is 2. The summed E-state index contributed by atoms with van der Waals surface area (Å²) in [5, 5.41) is 25.6. The Kier molecular flexibility index (Phi) is 6.07. The van der Waals surface area contributed by atoms with E-state index in [9.17, 15) is 19.8 Å². The molecule has 2 aromatic rings. The lowest BCUT2D eigenvalue weighted by molar-refractivity contribution is -0.770. The van der Waals surface area contributed by atoms with Gasteiger partial charge in [-0.2, -0.15) is 9.48 Å². The zero-order valence-corrected chi connectivity index (χ0v) is 16.5. The standard InChI is InChI=1S/C19H16Cl2N4O4/c20-12-1-3-16(26)14(7-12)23-18(28)9-25(6-5-22-11-25)10-19(29)24-15-8-13(21)2-4-17(15)27/h1-8,11H,9-10H2,(H3-,23,24,26,27,28,29)/p+2. The largest absolute Gasteiger partial charge is 0.506 e. The Hall–Kier alpha value is -3.07. The number of rotatable bonds is 6. The first-order valence-electron chi connectivity index (χ1n) is 8.48. The van der Waals surface area contributed by atoms with Gasteiger partial charge in [-0.05, 0) is 36.4 Å². The summed E-state index contributed by atoms with van der Waals surface area (Å²) >= 11 is 11.8. The summed E-state index contributed by atoms with van der Waals surface area (Å²) in [5.41, 5.74) is 0.343. The predicted octanol–water partition coefficient (Wildman–Crippen LogP) is 1.39. The number of phenols is 2. The number of hydrogen-bond donors (Lipinski definition) is 5. The lowest BCUT2D eigenvalue weighted by Crippen LogP contribution is -2.64. The SMILES string of the molecule is O=C(C[N+]1(CC(=O)Nc2cc(Cl)ccc2O)C=C[NH+]=C1)Nc1cc(Cl)ccc1O. The van der Waals surface area contributed by atoms with E-state index in [0.29, 0.717) is 10.0 Å². The van der Waals surface area contributed by atoms with Gasteiger partial charge in [-0.1, -0.05) is 23.2 Å². The molecule has 5 N–H and O–H groups in total. The molecule has 29 heavy (non-hydrogen) atoms. The van der Waals surface area contributed by atoms with E-state index in [1.165, 1.54) is 36.4 Å². The van der Waals surface area contributed by atoms with Crippen LogP contribution in [0.25, 0.3) is 0 Å². The molecule has 0 saturated carbocycles. The number of nitrogens with one attached hydrogen (secondary N) is 3. The van der Waals surface area contributed by atoms with E-state index >= 15 is 0 Å². The van der Waals surface area contributed by atoms with Gasteiger partial charge in [0.05, 0.1) is 11.4 Å². The minimum atomic E-state index is -0.439. The zero-order valence-electron chi connectivity index (χ0n) is 15.0. The van der Waals surface area contributed by atoms with Gasteiger partial charge >= 0.3 is 6.34 Å². The third-order valence-electron chi connectivity index (χ3n) is 4.14. The highest BCUT2D eigenvalue weighted by Gasteiger charge is 2.36. The van der Waals surface area contributed by atoms with Crippen LogP contribution in [-0.4, -0.2) is 45.9 Å². The van der Waals surface area contributed by atoms with Gasteiger partial charge in [-0.15, -0.1) is 0 Å². The molecule has 8 nitrogen and oxygen atoms in total. The fraction of sp³-hybridized carbons (Fsp3) is 0.105. The Morgan fingerprint density at radius 3 is 1.79 bits per heavy atom. The normalized spacial score (nSPS) is 14.0. The van der Waals surface area contributed by atoms with Crippen molar-refractivity contribution in [3.8, 4) is 11.5 Å². The van der Waals surface area contributed by atoms with E-state index in [1.54, 1.807) is 18.7 Å². The van der Waals surface area contributed by atoms with E-state index in [4.69, 9.17) is 23.2 Å². The first kappa shape index (κ1) is 20.7. The number of anilines is 2. The Bertz CT molecular complexity index is 942. The fourth-order valence-corrected chi connectivity index (χ4v) is 3.15. The van der Waals surface area contributed by atoms with Crippen molar-refractivity contribution >= 4 is 52.7 Å². The van der Waals surface area contributed by atoms with Gasteiger partial charge in [0.15, 0.2) is 19.3 Å². The zero-order chi connectivity index (χ0) is 21.0. The Morgan fingerprint density at radius 2 is 1.38 bits per heavy atom. The van der Waals surface area contributed by atoms with Crippen molar-refractivity contribution in [2.75, 3.05) is 23.7 Å². The van der Waals surface area contributed by atoms with Gasteiger partial charge in [-0.25, -0.2) is 0 Å². The van der Waals surface area contributed by atoms with E-state index < -0.39 is 11.8 Å². The second-order valence-electron chi connectivity index (χ2n) is 6.45. The van der Waals surface area contributed by atoms with Crippen molar-refractivity contribution in [2.24, 2.45) is 0 Å². The highest BCUT2D eigenvalue weighted by molar-refractivity contribution is 6.31. The molecule has 1 heterocycles. The number of benzene rings is 2. The second kappa shape index (κ2) is 8.52. The van der Waals surface area contributed by atoms with Crippen molar-refractivity contribution < 1.29 is 29.3 Å². The van der Waals surface area contributed by atoms with Gasteiger partial charge in [0.1, 0.15) is 11.5 Å². The second-order valence-corrected chi connectivity index (χ2v) is 7.32. The van der Waals surface area contributed by atoms with E-state index in [2.05, 4.69) is 15.6 Å². The molecule has 0 aliphatic carbocycles. The van der Waals surface area contributed by atoms with Crippen LogP contribution in [0, 0.1) is 0 Å². The summed E-state index contributed by atoms with van der Waals surface area (Å²) in [4.78, 5) is 27.9. The molecule has 2 amide bonds. The number of carbonyl (C=O) groups excluding carboxylic acids is 2. The average molecular weight is 437 g/mol. The number of hydrogen-bond acceptors (Lipinski definition) is 4. The monoisotopic (exact) mass is 436 g/mol. The fourth-order valence-electron chi connectivity index (χ4n) is 2.81. The van der Waals surface area contributed by atoms with E-state index in [1.807, 2.05) is 0 Å². The molecule has 3 rings (SSSR count). The van der Waals surface area contributed by atoms with E-state index in [0.717, 1.165) is 0 Å². The summed E-state index contributed by atoms with van der Waals surface area (Å²) in [6.07, 6.45) is 4.83. The van der Waals surface area contributed by atoms with Crippen molar-refractivity contribution in [3.05, 3.63) is 58.8 Å². The van der Waals surface area contributed by atoms with Crippen LogP contribution < -0.4 is 15.6 Å². The molecular formula is C19H18Cl2N4O4+2. The van der Waals surface area contributed by atoms with Crippen LogP contribution in [-0.2, 0) is 9.59 Å². The summed E-state index contributed by atoms with van der Waals surface area (Å²) in [7, 11) is 0. The number of amides is 2. The Morgan fingerprint density at radius 1 is 0.897 bits per heavy atom. The molecule has 0 atom stereocenters. The molecule has 1 aliphatic rings. The highest BCUT2D eigenvalue weighted by atomic mass is 35.5. The van der Waals surface area contributed by atoms with Crippen molar-refractivity contribution in [2.45, 2.75) is 0 Å². The van der Waals surface area contributed by atoms with Gasteiger partial charge in [0.2, 0.25) is 6.20 Å². The summed E-state index contributed by atoms with van der Waals surface area (Å²) in [5.74, 6) is -1.12. The molecule has 0 spiro atoms. The summed E-state index contributed by atoms with van der Waals surface area (Å²) in [6.45, 7) is -0.241. The van der Waals surface area contributed by atoms with Crippen LogP contribution in [0.15, 0.2) is 48.8 Å². The summed E-state index contributed by atoms with van der Waals surface area (Å²) in [6, 6.07) is 8.59. The average Bonchev–Trinajstić information content (AvgIpc) is 3.08. The van der Waals surface area contributed by atoms with Crippen LogP contribution in [0.2, 0.25) is 10.0 Å². The number of halogens is 2. The maximum Gasteiger partial charge on any atom is 0.336 e. The molecule has 10 heteroatoms. The smallest absolute Gasteiger partial charge is 0.336 e. The van der Waals surface area contributed by atoms with Crippen LogP contribution in [0.3, 0.4) is 0 Å². The van der Waals surface area contributed by atoms with Gasteiger partial charge in [0, 0.05) is 10.0 Å². The number of carbonyl (C=O) groups is 2. The van der Waals surface area contributed by atoms with Crippen molar-refractivity contribution in [3.63, 3.8) is 0 Å². The van der Waals surface area contributed by atoms with Crippen LogP contribution in [0.5, 0.6) is 11.5 Å². The summed E-state index contributed by atoms with van der Waals surface area (Å²) < 4.78 is -0.125. The molecular weight excluding hydrogens is 419 g/mol. The third-order valence-corrected chi connectivity index (χ3v) is 4.61. The van der Waals surface area contributed by atoms with E-state index in [-0.39, 0.29) is 40.4 Å². The molecule has 0 radical (unpaired) electrons. The lowest BCUT2D eigenvalue weighted by atomic mass is 10.2. The molecule has 0 fully saturated rings. The molecule has 2 aromatic carbocycles. The molecule has 0 bridgehead atoms. The Labute approximate surface area is 176 Å². The molecule has 150 valence electrons. The van der Waals surface area contributed by atoms with Crippen LogP contribution in [0.4, 0.5) is 11.4 Å². The molecule has 0 aromatic heterocycles. The van der Waals surface area contributed by atoms with Crippen LogP contribution in [0.1, 0.15) is 0 Å². The lowest BCUT2D eigenvalue weighted by Gasteiger charge is -2.23. The van der Waals surface area contributed by atoms with Crippen molar-refractivity contribution in [1.29, 1.82) is 0 Å². The third kappa shape index (κ3) is 5.26. The predicted molar refractivity (Wildman–Crippen MR) is 110 cm³/mol. The minimum Gasteiger partial charge on any atom is -0.506 e. The number of nitrogens with zero attached hydrogens (tertiary/aromatic N) is 1. The maximum atomic E-state index is 12.5. The first-order valence-corrected chi connectivity index (χ1v) is 9.23.